The lowest BCUT2D eigenvalue weighted by Gasteiger charge is -2.21. The van der Waals surface area contributed by atoms with Gasteiger partial charge < -0.3 is 10.0 Å². The molecule has 1 aromatic carbocycles. The van der Waals surface area contributed by atoms with Crippen LogP contribution in [0.4, 0.5) is 22.0 Å². The van der Waals surface area contributed by atoms with E-state index in [9.17, 15) is 27.1 Å². The van der Waals surface area contributed by atoms with Gasteiger partial charge in [-0.05, 0) is 25.2 Å². The predicted molar refractivity (Wildman–Crippen MR) is 59.5 cm³/mol. The van der Waals surface area contributed by atoms with Gasteiger partial charge in [-0.1, -0.05) is 0 Å². The number of aliphatic hydroxyl groups is 1. The van der Waals surface area contributed by atoms with E-state index in [4.69, 9.17) is 0 Å². The van der Waals surface area contributed by atoms with Crippen LogP contribution < -0.4 is 0 Å². The number of halogens is 5. The van der Waals surface area contributed by atoms with Crippen molar-refractivity contribution < 1.29 is 27.1 Å². The van der Waals surface area contributed by atoms with Crippen LogP contribution in [0.15, 0.2) is 18.2 Å². The van der Waals surface area contributed by atoms with Gasteiger partial charge in [-0.2, -0.15) is 13.2 Å². The maximum Gasteiger partial charge on any atom is 0.390 e. The molecule has 7 heteroatoms. The number of hydrogen-bond donors (Lipinski definition) is 1. The molecule has 108 valence electrons. The molecule has 1 atom stereocenters. The second-order valence-electron chi connectivity index (χ2n) is 4.31. The highest BCUT2D eigenvalue weighted by molar-refractivity contribution is 5.21. The van der Waals surface area contributed by atoms with Crippen molar-refractivity contribution in [2.75, 3.05) is 20.1 Å². The second kappa shape index (κ2) is 6.29. The van der Waals surface area contributed by atoms with Gasteiger partial charge in [-0.3, -0.25) is 0 Å². The average molecular weight is 283 g/mol. The number of benzene rings is 1. The summed E-state index contributed by atoms with van der Waals surface area (Å²) in [7, 11) is 1.37. The van der Waals surface area contributed by atoms with Gasteiger partial charge >= 0.3 is 6.18 Å². The Hall–Kier alpha value is -1.21. The zero-order valence-electron chi connectivity index (χ0n) is 10.2. The number of hydrogen-bond acceptors (Lipinski definition) is 2. The van der Waals surface area contributed by atoms with Gasteiger partial charge in [0, 0.05) is 18.7 Å². The fourth-order valence-electron chi connectivity index (χ4n) is 1.57. The van der Waals surface area contributed by atoms with Crippen LogP contribution in [0.2, 0.25) is 0 Å². The Bertz CT molecular complexity index is 421. The van der Waals surface area contributed by atoms with Gasteiger partial charge in [0.1, 0.15) is 11.6 Å². The number of likely N-dealkylation sites (N-methyl/N-ethyl adjacent to an activating group) is 1. The fraction of sp³-hybridized carbons (Fsp3) is 0.500. The van der Waals surface area contributed by atoms with Crippen LogP contribution in [0.5, 0.6) is 0 Å². The minimum absolute atomic E-state index is 0.212. The molecule has 0 heterocycles. The summed E-state index contributed by atoms with van der Waals surface area (Å²) in [5.41, 5.74) is -0.265. The highest BCUT2D eigenvalue weighted by Gasteiger charge is 2.27. The largest absolute Gasteiger partial charge is 0.390 e. The van der Waals surface area contributed by atoms with Crippen LogP contribution in [0.1, 0.15) is 18.1 Å². The Labute approximate surface area is 107 Å². The Morgan fingerprint density at radius 2 is 1.89 bits per heavy atom. The quantitative estimate of drug-likeness (QED) is 0.840. The van der Waals surface area contributed by atoms with Gasteiger partial charge in [-0.15, -0.1) is 0 Å². The third-order valence-electron chi connectivity index (χ3n) is 2.58. The molecule has 0 fully saturated rings. The van der Waals surface area contributed by atoms with Gasteiger partial charge in [-0.25, -0.2) is 8.78 Å². The lowest BCUT2D eigenvalue weighted by molar-refractivity contribution is -0.137. The smallest absolute Gasteiger partial charge is 0.387 e. The summed E-state index contributed by atoms with van der Waals surface area (Å²) in [6.45, 7) is -0.534. The van der Waals surface area contributed by atoms with E-state index in [2.05, 4.69) is 0 Å². The van der Waals surface area contributed by atoms with E-state index >= 15 is 0 Å². The van der Waals surface area contributed by atoms with E-state index < -0.39 is 30.3 Å². The molecule has 0 aliphatic rings. The van der Waals surface area contributed by atoms with Crippen LogP contribution >= 0.6 is 0 Å². The van der Waals surface area contributed by atoms with Crippen molar-refractivity contribution >= 4 is 0 Å². The summed E-state index contributed by atoms with van der Waals surface area (Å²) in [5, 5.41) is 9.70. The molecule has 0 saturated heterocycles. The van der Waals surface area contributed by atoms with Crippen molar-refractivity contribution in [2.24, 2.45) is 0 Å². The van der Waals surface area contributed by atoms with E-state index in [0.29, 0.717) is 0 Å². The minimum atomic E-state index is -4.29. The standard InChI is InChI=1S/C12H14F5NO/c1-18(5-4-12(15,16)17)7-11(19)9-6-8(13)2-3-10(9)14/h2-3,6,11,19H,4-5,7H2,1H3. The van der Waals surface area contributed by atoms with Crippen molar-refractivity contribution in [1.82, 2.24) is 4.90 Å². The Morgan fingerprint density at radius 1 is 1.26 bits per heavy atom. The molecule has 2 nitrogen and oxygen atoms in total. The molecular formula is C12H14F5NO. The van der Waals surface area contributed by atoms with Crippen LogP contribution in [0.3, 0.4) is 0 Å². The highest BCUT2D eigenvalue weighted by atomic mass is 19.4. The molecule has 0 spiro atoms. The Balaban J connectivity index is 2.59. The first kappa shape index (κ1) is 15.8. The van der Waals surface area contributed by atoms with Gasteiger partial charge in [0.25, 0.3) is 0 Å². The number of alkyl halides is 3. The predicted octanol–water partition coefficient (Wildman–Crippen LogP) is 2.88. The molecular weight excluding hydrogens is 269 g/mol. The lowest BCUT2D eigenvalue weighted by atomic mass is 10.1. The topological polar surface area (TPSA) is 23.5 Å². The molecule has 0 aliphatic carbocycles. The zero-order valence-corrected chi connectivity index (χ0v) is 10.2. The third kappa shape index (κ3) is 5.52. The third-order valence-corrected chi connectivity index (χ3v) is 2.58. The summed E-state index contributed by atoms with van der Waals surface area (Å²) in [6, 6.07) is 2.60. The SMILES string of the molecule is CN(CCC(F)(F)F)CC(O)c1cc(F)ccc1F. The van der Waals surface area contributed by atoms with Crippen LogP contribution in [0.25, 0.3) is 0 Å². The average Bonchev–Trinajstić information content (AvgIpc) is 2.28. The summed E-state index contributed by atoms with van der Waals surface area (Å²) < 4.78 is 62.2. The Morgan fingerprint density at radius 3 is 2.47 bits per heavy atom. The first-order valence-corrected chi connectivity index (χ1v) is 5.57. The first-order chi connectivity index (χ1) is 8.69. The maximum atomic E-state index is 13.3. The molecule has 0 aromatic heterocycles. The second-order valence-corrected chi connectivity index (χ2v) is 4.31. The normalized spacial score (nSPS) is 13.9. The number of aliphatic hydroxyl groups excluding tert-OH is 1. The monoisotopic (exact) mass is 283 g/mol. The number of nitrogens with zero attached hydrogens (tertiary/aromatic N) is 1. The van der Waals surface area contributed by atoms with E-state index in [1.54, 1.807) is 0 Å². The summed E-state index contributed by atoms with van der Waals surface area (Å²) in [4.78, 5) is 1.21. The van der Waals surface area contributed by atoms with Gasteiger partial charge in [0.2, 0.25) is 0 Å². The molecule has 19 heavy (non-hydrogen) atoms. The van der Waals surface area contributed by atoms with Crippen LogP contribution in [0, 0.1) is 11.6 Å². The lowest BCUT2D eigenvalue weighted by Crippen LogP contribution is -2.29. The van der Waals surface area contributed by atoms with Gasteiger partial charge in [0.15, 0.2) is 0 Å². The first-order valence-electron chi connectivity index (χ1n) is 5.57. The van der Waals surface area contributed by atoms with E-state index in [0.717, 1.165) is 18.2 Å². The molecule has 1 N–H and O–H groups in total. The fourth-order valence-corrected chi connectivity index (χ4v) is 1.57. The molecule has 0 bridgehead atoms. The molecule has 1 rings (SSSR count). The summed E-state index contributed by atoms with van der Waals surface area (Å²) in [6.07, 6.45) is -6.69. The number of rotatable bonds is 5. The van der Waals surface area contributed by atoms with Crippen molar-refractivity contribution in [3.8, 4) is 0 Å². The van der Waals surface area contributed by atoms with Crippen molar-refractivity contribution in [2.45, 2.75) is 18.7 Å². The molecule has 0 amide bonds. The van der Waals surface area contributed by atoms with E-state index in [-0.39, 0.29) is 18.7 Å². The van der Waals surface area contributed by atoms with Crippen LogP contribution in [-0.4, -0.2) is 36.3 Å². The van der Waals surface area contributed by atoms with Crippen LogP contribution in [-0.2, 0) is 0 Å². The molecule has 0 radical (unpaired) electrons. The zero-order chi connectivity index (χ0) is 14.6. The van der Waals surface area contributed by atoms with Crippen molar-refractivity contribution in [3.05, 3.63) is 35.4 Å². The summed E-state index contributed by atoms with van der Waals surface area (Å²) >= 11 is 0. The summed E-state index contributed by atoms with van der Waals surface area (Å²) in [5.74, 6) is -1.51. The molecule has 0 aliphatic heterocycles. The van der Waals surface area contributed by atoms with E-state index in [1.165, 1.54) is 11.9 Å². The maximum absolute atomic E-state index is 13.3. The van der Waals surface area contributed by atoms with E-state index in [1.807, 2.05) is 0 Å². The molecule has 1 aromatic rings. The molecule has 1 unspecified atom stereocenters. The van der Waals surface area contributed by atoms with Crippen molar-refractivity contribution in [1.29, 1.82) is 0 Å². The van der Waals surface area contributed by atoms with Crippen molar-refractivity contribution in [3.63, 3.8) is 0 Å². The van der Waals surface area contributed by atoms with Gasteiger partial charge in [0.05, 0.1) is 12.5 Å². The minimum Gasteiger partial charge on any atom is -0.387 e. The highest BCUT2D eigenvalue weighted by Crippen LogP contribution is 2.22. The Kier molecular flexibility index (Phi) is 5.25. The molecule has 0 saturated carbocycles.